The zero-order chi connectivity index (χ0) is 18.8. The first kappa shape index (κ1) is 17.1. The summed E-state index contributed by atoms with van der Waals surface area (Å²) in [5, 5.41) is 4.26. The fourth-order valence-corrected chi connectivity index (χ4v) is 3.20. The highest BCUT2D eigenvalue weighted by atomic mass is 19.1. The minimum atomic E-state index is -0.382. The van der Waals surface area contributed by atoms with Crippen molar-refractivity contribution in [2.45, 2.75) is 6.92 Å². The van der Waals surface area contributed by atoms with E-state index in [-0.39, 0.29) is 11.7 Å². The van der Waals surface area contributed by atoms with E-state index >= 15 is 0 Å². The number of para-hydroxylation sites is 1. The van der Waals surface area contributed by atoms with E-state index in [1.54, 1.807) is 47.8 Å². The average Bonchev–Trinajstić information content (AvgIpc) is 3.18. The molecular formula is C19H19FN6O. The lowest BCUT2D eigenvalue weighted by Gasteiger charge is -2.35. The van der Waals surface area contributed by atoms with Crippen molar-refractivity contribution in [2.75, 3.05) is 31.1 Å². The highest BCUT2D eigenvalue weighted by Gasteiger charge is 2.25. The van der Waals surface area contributed by atoms with Crippen LogP contribution in [0.4, 0.5) is 10.2 Å². The standard InChI is InChI=1S/C19H19FN6O/c1-14-18(22-8-7-21-14)24-10-12-25(13-11-24)19(27)16-6-9-26(23-16)17-5-3-2-4-15(17)20/h2-9H,10-13H2,1H3. The van der Waals surface area contributed by atoms with Gasteiger partial charge in [0, 0.05) is 44.8 Å². The fourth-order valence-electron chi connectivity index (χ4n) is 3.20. The maximum absolute atomic E-state index is 13.9. The van der Waals surface area contributed by atoms with Crippen molar-refractivity contribution in [1.29, 1.82) is 0 Å². The predicted molar refractivity (Wildman–Crippen MR) is 98.4 cm³/mol. The maximum atomic E-state index is 13.9. The highest BCUT2D eigenvalue weighted by Crippen LogP contribution is 2.18. The SMILES string of the molecule is Cc1nccnc1N1CCN(C(=O)c2ccn(-c3ccccc3F)n2)CC1. The van der Waals surface area contributed by atoms with Crippen molar-refractivity contribution in [2.24, 2.45) is 0 Å². The molecule has 0 saturated carbocycles. The smallest absolute Gasteiger partial charge is 0.274 e. The lowest BCUT2D eigenvalue weighted by molar-refractivity contribution is 0.0740. The second-order valence-electron chi connectivity index (χ2n) is 6.34. The molecule has 0 aliphatic carbocycles. The van der Waals surface area contributed by atoms with Gasteiger partial charge >= 0.3 is 0 Å². The molecule has 0 atom stereocenters. The monoisotopic (exact) mass is 366 g/mol. The minimum absolute atomic E-state index is 0.152. The lowest BCUT2D eigenvalue weighted by Crippen LogP contribution is -2.49. The quantitative estimate of drug-likeness (QED) is 0.710. The van der Waals surface area contributed by atoms with Gasteiger partial charge in [-0.05, 0) is 25.1 Å². The Labute approximate surface area is 156 Å². The Hall–Kier alpha value is -3.29. The van der Waals surface area contributed by atoms with Gasteiger partial charge < -0.3 is 9.80 Å². The molecule has 4 rings (SSSR count). The Bertz CT molecular complexity index is 964. The molecule has 0 bridgehead atoms. The number of nitrogens with zero attached hydrogens (tertiary/aromatic N) is 6. The van der Waals surface area contributed by atoms with E-state index in [1.807, 2.05) is 6.92 Å². The molecule has 27 heavy (non-hydrogen) atoms. The second kappa shape index (κ2) is 7.14. The third-order valence-corrected chi connectivity index (χ3v) is 4.63. The van der Waals surface area contributed by atoms with Crippen LogP contribution in [0, 0.1) is 12.7 Å². The molecule has 3 aromatic rings. The van der Waals surface area contributed by atoms with Crippen LogP contribution >= 0.6 is 0 Å². The van der Waals surface area contributed by atoms with Gasteiger partial charge in [-0.2, -0.15) is 5.10 Å². The molecule has 138 valence electrons. The Balaban J connectivity index is 1.44. The normalized spacial score (nSPS) is 14.4. The van der Waals surface area contributed by atoms with Gasteiger partial charge in [0.15, 0.2) is 5.69 Å². The van der Waals surface area contributed by atoms with Gasteiger partial charge in [0.05, 0.1) is 5.69 Å². The van der Waals surface area contributed by atoms with Gasteiger partial charge in [0.2, 0.25) is 0 Å². The molecule has 3 heterocycles. The summed E-state index contributed by atoms with van der Waals surface area (Å²) in [5.41, 5.74) is 1.50. The van der Waals surface area contributed by atoms with Crippen LogP contribution < -0.4 is 4.90 Å². The molecule has 0 spiro atoms. The summed E-state index contributed by atoms with van der Waals surface area (Å²) in [7, 11) is 0. The molecule has 0 radical (unpaired) electrons. The Morgan fingerprint density at radius 3 is 2.52 bits per heavy atom. The number of halogens is 1. The van der Waals surface area contributed by atoms with E-state index in [4.69, 9.17) is 0 Å². The van der Waals surface area contributed by atoms with Crippen LogP contribution in [0.3, 0.4) is 0 Å². The van der Waals surface area contributed by atoms with Crippen LogP contribution in [0.25, 0.3) is 5.69 Å². The maximum Gasteiger partial charge on any atom is 0.274 e. The van der Waals surface area contributed by atoms with E-state index in [1.165, 1.54) is 10.7 Å². The van der Waals surface area contributed by atoms with Crippen molar-refractivity contribution in [3.8, 4) is 5.69 Å². The Kier molecular flexibility index (Phi) is 4.53. The first-order chi connectivity index (χ1) is 13.1. The number of hydrogen-bond acceptors (Lipinski definition) is 5. The lowest BCUT2D eigenvalue weighted by atomic mass is 10.2. The molecule has 1 saturated heterocycles. The summed E-state index contributed by atoms with van der Waals surface area (Å²) in [6.07, 6.45) is 4.95. The van der Waals surface area contributed by atoms with Crippen molar-refractivity contribution < 1.29 is 9.18 Å². The number of piperazine rings is 1. The summed E-state index contributed by atoms with van der Waals surface area (Å²) < 4.78 is 15.3. The largest absolute Gasteiger partial charge is 0.352 e. The first-order valence-electron chi connectivity index (χ1n) is 8.76. The zero-order valence-corrected chi connectivity index (χ0v) is 14.9. The van der Waals surface area contributed by atoms with Crippen LogP contribution in [0.5, 0.6) is 0 Å². The molecule has 1 fully saturated rings. The van der Waals surface area contributed by atoms with Gasteiger partial charge in [-0.15, -0.1) is 0 Å². The number of carbonyl (C=O) groups is 1. The third-order valence-electron chi connectivity index (χ3n) is 4.63. The fraction of sp³-hybridized carbons (Fsp3) is 0.263. The topological polar surface area (TPSA) is 67.2 Å². The minimum Gasteiger partial charge on any atom is -0.352 e. The molecule has 0 N–H and O–H groups in total. The van der Waals surface area contributed by atoms with Crippen LogP contribution in [0.2, 0.25) is 0 Å². The Morgan fingerprint density at radius 1 is 1.04 bits per heavy atom. The molecule has 1 aromatic carbocycles. The van der Waals surface area contributed by atoms with Crippen LogP contribution in [-0.4, -0.2) is 56.7 Å². The van der Waals surface area contributed by atoms with E-state index < -0.39 is 0 Å². The summed E-state index contributed by atoms with van der Waals surface area (Å²) >= 11 is 0. The summed E-state index contributed by atoms with van der Waals surface area (Å²) in [6.45, 7) is 4.43. The molecule has 0 unspecified atom stereocenters. The van der Waals surface area contributed by atoms with E-state index in [0.29, 0.717) is 37.6 Å². The number of amides is 1. The van der Waals surface area contributed by atoms with Crippen molar-refractivity contribution in [1.82, 2.24) is 24.6 Å². The molecule has 1 aliphatic rings. The van der Waals surface area contributed by atoms with Crippen LogP contribution in [-0.2, 0) is 0 Å². The van der Waals surface area contributed by atoms with Crippen molar-refractivity contribution >= 4 is 11.7 Å². The number of aromatic nitrogens is 4. The molecule has 2 aromatic heterocycles. The predicted octanol–water partition coefficient (Wildman–Crippen LogP) is 2.07. The highest BCUT2D eigenvalue weighted by molar-refractivity contribution is 5.92. The second-order valence-corrected chi connectivity index (χ2v) is 6.34. The average molecular weight is 366 g/mol. The number of carbonyl (C=O) groups excluding carboxylic acids is 1. The number of aryl methyl sites for hydroxylation is 1. The first-order valence-corrected chi connectivity index (χ1v) is 8.76. The summed E-state index contributed by atoms with van der Waals surface area (Å²) in [4.78, 5) is 25.3. The van der Waals surface area contributed by atoms with E-state index in [9.17, 15) is 9.18 Å². The molecule has 7 nitrogen and oxygen atoms in total. The zero-order valence-electron chi connectivity index (χ0n) is 14.9. The summed E-state index contributed by atoms with van der Waals surface area (Å²) in [5.74, 6) is 0.321. The molecule has 1 aliphatic heterocycles. The van der Waals surface area contributed by atoms with Gasteiger partial charge in [-0.3, -0.25) is 9.78 Å². The number of rotatable bonds is 3. The number of hydrogen-bond donors (Lipinski definition) is 0. The molecule has 8 heteroatoms. The van der Waals surface area contributed by atoms with Crippen molar-refractivity contribution in [3.63, 3.8) is 0 Å². The van der Waals surface area contributed by atoms with Crippen molar-refractivity contribution in [3.05, 3.63) is 66.1 Å². The Morgan fingerprint density at radius 2 is 1.78 bits per heavy atom. The van der Waals surface area contributed by atoms with E-state index in [2.05, 4.69) is 20.0 Å². The van der Waals surface area contributed by atoms with E-state index in [0.717, 1.165) is 11.5 Å². The number of anilines is 1. The van der Waals surface area contributed by atoms with Crippen LogP contribution in [0.15, 0.2) is 48.9 Å². The summed E-state index contributed by atoms with van der Waals surface area (Å²) in [6, 6.07) is 7.96. The van der Waals surface area contributed by atoms with Gasteiger partial charge in [0.25, 0.3) is 5.91 Å². The number of benzene rings is 1. The van der Waals surface area contributed by atoms with Gasteiger partial charge in [-0.25, -0.2) is 14.1 Å². The molecule has 1 amide bonds. The molecular weight excluding hydrogens is 347 g/mol. The van der Waals surface area contributed by atoms with Gasteiger partial charge in [0.1, 0.15) is 17.3 Å². The van der Waals surface area contributed by atoms with Gasteiger partial charge in [-0.1, -0.05) is 12.1 Å². The van der Waals surface area contributed by atoms with Crippen LogP contribution in [0.1, 0.15) is 16.2 Å². The third kappa shape index (κ3) is 3.38.